The number of carbonyl (C=O) groups is 1. The Hall–Kier alpha value is -1.77. The van der Waals surface area contributed by atoms with E-state index in [0.29, 0.717) is 5.92 Å². The van der Waals surface area contributed by atoms with Crippen molar-refractivity contribution in [3.63, 3.8) is 0 Å². The summed E-state index contributed by atoms with van der Waals surface area (Å²) in [6.45, 7) is 12.2. The number of amides is 1. The van der Waals surface area contributed by atoms with Crippen molar-refractivity contribution in [1.82, 2.24) is 4.90 Å². The van der Waals surface area contributed by atoms with Crippen LogP contribution in [0, 0.1) is 5.92 Å². The fourth-order valence-electron chi connectivity index (χ4n) is 3.39. The maximum Gasteiger partial charge on any atom is 0.411 e. The van der Waals surface area contributed by atoms with E-state index in [2.05, 4.69) is 32.6 Å². The highest BCUT2D eigenvalue weighted by Gasteiger charge is 2.50. The molecule has 1 aromatic carbocycles. The topological polar surface area (TPSA) is 29.5 Å². The predicted molar refractivity (Wildman–Crippen MR) is 89.6 cm³/mol. The second-order valence-corrected chi connectivity index (χ2v) is 7.00. The zero-order valence-electron chi connectivity index (χ0n) is 14.1. The molecule has 0 saturated carbocycles. The molecule has 120 valence electrons. The maximum atomic E-state index is 12.5. The first-order chi connectivity index (χ1) is 10.4. The van der Waals surface area contributed by atoms with E-state index in [1.165, 1.54) is 0 Å². The SMILES string of the molecule is C=CC[C@@H](CC(C)C)N1C(=O)OC(C)(C)[C@H]1c1ccccc1. The van der Waals surface area contributed by atoms with Crippen molar-refractivity contribution in [2.45, 2.75) is 58.2 Å². The van der Waals surface area contributed by atoms with E-state index in [9.17, 15) is 4.79 Å². The van der Waals surface area contributed by atoms with Crippen LogP contribution in [0.5, 0.6) is 0 Å². The number of hydrogen-bond acceptors (Lipinski definition) is 2. The van der Waals surface area contributed by atoms with Crippen LogP contribution in [0.4, 0.5) is 4.79 Å². The molecule has 1 aliphatic rings. The summed E-state index contributed by atoms with van der Waals surface area (Å²) in [5.41, 5.74) is 0.589. The van der Waals surface area contributed by atoms with Gasteiger partial charge in [0.25, 0.3) is 0 Å². The summed E-state index contributed by atoms with van der Waals surface area (Å²) in [6.07, 6.45) is 3.41. The van der Waals surface area contributed by atoms with Gasteiger partial charge in [-0.15, -0.1) is 6.58 Å². The number of nitrogens with zero attached hydrogens (tertiary/aromatic N) is 1. The molecule has 0 unspecified atom stereocenters. The number of rotatable bonds is 6. The van der Waals surface area contributed by atoms with Crippen molar-refractivity contribution in [2.75, 3.05) is 0 Å². The standard InChI is InChI=1S/C19H27NO2/c1-6-10-16(13-14(2)3)20-17(15-11-8-7-9-12-15)19(4,5)22-18(20)21/h6-9,11-12,14,16-17H,1,10,13H2,2-5H3/t16-,17+/m0/s1. The quantitative estimate of drug-likeness (QED) is 0.696. The number of carbonyl (C=O) groups excluding carboxylic acids is 1. The van der Waals surface area contributed by atoms with Crippen molar-refractivity contribution in [3.8, 4) is 0 Å². The number of hydrogen-bond donors (Lipinski definition) is 0. The van der Waals surface area contributed by atoms with E-state index in [0.717, 1.165) is 18.4 Å². The van der Waals surface area contributed by atoms with Crippen LogP contribution in [0.25, 0.3) is 0 Å². The molecule has 3 nitrogen and oxygen atoms in total. The Morgan fingerprint density at radius 3 is 2.50 bits per heavy atom. The first-order valence-corrected chi connectivity index (χ1v) is 8.04. The lowest BCUT2D eigenvalue weighted by Crippen LogP contribution is -2.41. The molecule has 2 rings (SSSR count). The van der Waals surface area contributed by atoms with Crippen molar-refractivity contribution in [3.05, 3.63) is 48.6 Å². The van der Waals surface area contributed by atoms with Gasteiger partial charge in [-0.2, -0.15) is 0 Å². The monoisotopic (exact) mass is 301 g/mol. The smallest absolute Gasteiger partial charge is 0.411 e. The van der Waals surface area contributed by atoms with E-state index in [1.807, 2.05) is 43.0 Å². The molecule has 1 aromatic rings. The van der Waals surface area contributed by atoms with Crippen molar-refractivity contribution in [1.29, 1.82) is 0 Å². The normalized spacial score (nSPS) is 21.8. The van der Waals surface area contributed by atoms with Crippen LogP contribution in [0.1, 0.15) is 52.1 Å². The first-order valence-electron chi connectivity index (χ1n) is 8.04. The Balaban J connectivity index is 2.40. The van der Waals surface area contributed by atoms with Crippen LogP contribution in [0.2, 0.25) is 0 Å². The first kappa shape index (κ1) is 16.6. The zero-order valence-corrected chi connectivity index (χ0v) is 14.1. The van der Waals surface area contributed by atoms with Crippen molar-refractivity contribution < 1.29 is 9.53 Å². The Morgan fingerprint density at radius 2 is 1.95 bits per heavy atom. The molecule has 0 bridgehead atoms. The average Bonchev–Trinajstić information content (AvgIpc) is 2.67. The van der Waals surface area contributed by atoms with Gasteiger partial charge in [-0.05, 0) is 38.2 Å². The maximum absolute atomic E-state index is 12.5. The Kier molecular flexibility index (Phi) is 4.94. The second-order valence-electron chi connectivity index (χ2n) is 7.00. The minimum Gasteiger partial charge on any atom is -0.441 e. The molecule has 1 saturated heterocycles. The molecule has 1 fully saturated rings. The zero-order chi connectivity index (χ0) is 16.3. The van der Waals surface area contributed by atoms with Crippen LogP contribution >= 0.6 is 0 Å². The van der Waals surface area contributed by atoms with Gasteiger partial charge in [-0.25, -0.2) is 4.79 Å². The molecule has 3 heteroatoms. The molecule has 0 N–H and O–H groups in total. The van der Waals surface area contributed by atoms with Crippen LogP contribution in [-0.2, 0) is 4.74 Å². The summed E-state index contributed by atoms with van der Waals surface area (Å²) in [5.74, 6) is 0.512. The van der Waals surface area contributed by atoms with E-state index in [-0.39, 0.29) is 18.2 Å². The molecule has 0 aromatic heterocycles. The van der Waals surface area contributed by atoms with Crippen LogP contribution in [0.15, 0.2) is 43.0 Å². The fourth-order valence-corrected chi connectivity index (χ4v) is 3.39. The molecular formula is C19H27NO2. The molecule has 1 amide bonds. The number of cyclic esters (lactones) is 1. The van der Waals surface area contributed by atoms with Gasteiger partial charge in [0.15, 0.2) is 0 Å². The highest BCUT2D eigenvalue weighted by molar-refractivity contribution is 5.72. The van der Waals surface area contributed by atoms with Gasteiger partial charge < -0.3 is 4.74 Å². The van der Waals surface area contributed by atoms with Gasteiger partial charge in [-0.3, -0.25) is 4.90 Å². The molecule has 0 radical (unpaired) electrons. The minimum absolute atomic E-state index is 0.0649. The Labute approximate surface area is 134 Å². The third-order valence-corrected chi connectivity index (χ3v) is 4.19. The molecule has 0 spiro atoms. The molecule has 2 atom stereocenters. The molecule has 0 aliphatic carbocycles. The predicted octanol–water partition coefficient (Wildman–Crippen LogP) is 4.95. The van der Waals surface area contributed by atoms with E-state index >= 15 is 0 Å². The summed E-state index contributed by atoms with van der Waals surface area (Å²) in [5, 5.41) is 0. The summed E-state index contributed by atoms with van der Waals surface area (Å²) in [6, 6.07) is 10.2. The van der Waals surface area contributed by atoms with Crippen LogP contribution < -0.4 is 0 Å². The van der Waals surface area contributed by atoms with Gasteiger partial charge in [0, 0.05) is 6.04 Å². The highest BCUT2D eigenvalue weighted by Crippen LogP contribution is 2.43. The van der Waals surface area contributed by atoms with Crippen molar-refractivity contribution >= 4 is 6.09 Å². The summed E-state index contributed by atoms with van der Waals surface area (Å²) in [7, 11) is 0. The van der Waals surface area contributed by atoms with Gasteiger partial charge >= 0.3 is 6.09 Å². The lowest BCUT2D eigenvalue weighted by atomic mass is 9.89. The number of benzene rings is 1. The number of ether oxygens (including phenoxy) is 1. The lowest BCUT2D eigenvalue weighted by Gasteiger charge is -2.35. The second kappa shape index (κ2) is 6.55. The van der Waals surface area contributed by atoms with Gasteiger partial charge in [0.1, 0.15) is 5.60 Å². The third kappa shape index (κ3) is 3.34. The van der Waals surface area contributed by atoms with E-state index in [1.54, 1.807) is 0 Å². The molecular weight excluding hydrogens is 274 g/mol. The Bertz CT molecular complexity index is 521. The van der Waals surface area contributed by atoms with Crippen molar-refractivity contribution in [2.24, 2.45) is 5.92 Å². The van der Waals surface area contributed by atoms with E-state index in [4.69, 9.17) is 4.74 Å². The highest BCUT2D eigenvalue weighted by atomic mass is 16.6. The van der Waals surface area contributed by atoms with Gasteiger partial charge in [-0.1, -0.05) is 50.3 Å². The molecule has 1 heterocycles. The summed E-state index contributed by atoms with van der Waals surface area (Å²) < 4.78 is 5.69. The third-order valence-electron chi connectivity index (χ3n) is 4.19. The fraction of sp³-hybridized carbons (Fsp3) is 0.526. The Morgan fingerprint density at radius 1 is 1.32 bits per heavy atom. The molecule has 1 aliphatic heterocycles. The molecule has 22 heavy (non-hydrogen) atoms. The van der Waals surface area contributed by atoms with E-state index < -0.39 is 5.60 Å². The average molecular weight is 301 g/mol. The van der Waals surface area contributed by atoms with Gasteiger partial charge in [0.2, 0.25) is 0 Å². The largest absolute Gasteiger partial charge is 0.441 e. The summed E-state index contributed by atoms with van der Waals surface area (Å²) in [4.78, 5) is 14.5. The van der Waals surface area contributed by atoms with Crippen LogP contribution in [0.3, 0.4) is 0 Å². The lowest BCUT2D eigenvalue weighted by molar-refractivity contribution is 0.0667. The summed E-state index contributed by atoms with van der Waals surface area (Å²) >= 11 is 0. The van der Waals surface area contributed by atoms with Gasteiger partial charge in [0.05, 0.1) is 6.04 Å². The minimum atomic E-state index is -0.533. The van der Waals surface area contributed by atoms with Crippen LogP contribution in [-0.4, -0.2) is 22.6 Å².